The maximum absolute atomic E-state index is 10.9. The molecule has 2 rings (SSSR count). The highest BCUT2D eigenvalue weighted by Gasteiger charge is 2.11. The van der Waals surface area contributed by atoms with Crippen molar-refractivity contribution in [3.63, 3.8) is 0 Å². The molecule has 2 aromatic rings. The van der Waals surface area contributed by atoms with E-state index in [0.29, 0.717) is 11.6 Å². The highest BCUT2D eigenvalue weighted by atomic mass is 16.6. The van der Waals surface area contributed by atoms with Crippen molar-refractivity contribution in [3.8, 4) is 0 Å². The predicted molar refractivity (Wildman–Crippen MR) is 79.6 cm³/mol. The van der Waals surface area contributed by atoms with E-state index in [4.69, 9.17) is 0 Å². The predicted octanol–water partition coefficient (Wildman–Crippen LogP) is 3.39. The zero-order valence-corrected chi connectivity index (χ0v) is 11.6. The number of rotatable bonds is 4. The molecule has 0 atom stereocenters. The first-order valence-corrected chi connectivity index (χ1v) is 6.18. The number of aromatic nitrogens is 1. The molecule has 6 nitrogen and oxygen atoms in total. The molecule has 0 saturated carbocycles. The Morgan fingerprint density at radius 2 is 1.80 bits per heavy atom. The van der Waals surface area contributed by atoms with Gasteiger partial charge in [0, 0.05) is 12.7 Å². The number of hydrogen-bond acceptors (Lipinski definition) is 5. The lowest BCUT2D eigenvalue weighted by molar-refractivity contribution is -0.384. The molecule has 6 heteroatoms. The van der Waals surface area contributed by atoms with E-state index in [1.165, 1.54) is 17.7 Å². The lowest BCUT2D eigenvalue weighted by Gasteiger charge is -2.09. The molecule has 104 valence electrons. The smallest absolute Gasteiger partial charge is 0.276 e. The van der Waals surface area contributed by atoms with Gasteiger partial charge in [0.25, 0.3) is 5.69 Å². The SMILES string of the molecule is CNc1cc([N+](=O)[O-])cc(Nc2ccc(C)c(C)c2)n1. The van der Waals surface area contributed by atoms with Gasteiger partial charge in [0.2, 0.25) is 0 Å². The molecule has 1 heterocycles. The fourth-order valence-electron chi connectivity index (χ4n) is 1.78. The number of nitro groups is 1. The summed E-state index contributed by atoms with van der Waals surface area (Å²) in [7, 11) is 1.67. The Labute approximate surface area is 117 Å². The summed E-state index contributed by atoms with van der Waals surface area (Å²) >= 11 is 0. The van der Waals surface area contributed by atoms with Gasteiger partial charge in [-0.2, -0.15) is 0 Å². The normalized spacial score (nSPS) is 10.2. The molecule has 1 aromatic carbocycles. The maximum Gasteiger partial charge on any atom is 0.276 e. The topological polar surface area (TPSA) is 80.1 Å². The van der Waals surface area contributed by atoms with Crippen molar-refractivity contribution < 1.29 is 4.92 Å². The second kappa shape index (κ2) is 5.56. The van der Waals surface area contributed by atoms with Crippen LogP contribution in [0.3, 0.4) is 0 Å². The van der Waals surface area contributed by atoms with E-state index >= 15 is 0 Å². The molecule has 0 aliphatic heterocycles. The molecule has 0 bridgehead atoms. The van der Waals surface area contributed by atoms with Crippen LogP contribution < -0.4 is 10.6 Å². The third-order valence-electron chi connectivity index (χ3n) is 3.06. The van der Waals surface area contributed by atoms with Gasteiger partial charge in [-0.1, -0.05) is 6.07 Å². The maximum atomic E-state index is 10.9. The number of nitrogens with one attached hydrogen (secondary N) is 2. The third-order valence-corrected chi connectivity index (χ3v) is 3.06. The molecule has 0 saturated heterocycles. The largest absolute Gasteiger partial charge is 0.373 e. The van der Waals surface area contributed by atoms with Gasteiger partial charge in [0.05, 0.1) is 17.1 Å². The van der Waals surface area contributed by atoms with Gasteiger partial charge in [0.15, 0.2) is 0 Å². The molecule has 0 aliphatic carbocycles. The van der Waals surface area contributed by atoms with Crippen LogP contribution >= 0.6 is 0 Å². The van der Waals surface area contributed by atoms with Gasteiger partial charge in [-0.3, -0.25) is 10.1 Å². The standard InChI is InChI=1S/C14H16N4O2/c1-9-4-5-11(6-10(9)2)16-14-8-12(18(19)20)7-13(15-3)17-14/h4-8H,1-3H3,(H2,15,16,17). The molecular formula is C14H16N4O2. The van der Waals surface area contributed by atoms with Crippen molar-refractivity contribution in [2.24, 2.45) is 0 Å². The number of aryl methyl sites for hydroxylation is 2. The highest BCUT2D eigenvalue weighted by Crippen LogP contribution is 2.24. The van der Waals surface area contributed by atoms with Gasteiger partial charge >= 0.3 is 0 Å². The first kappa shape index (κ1) is 13.8. The summed E-state index contributed by atoms with van der Waals surface area (Å²) in [6.07, 6.45) is 0. The Hall–Kier alpha value is -2.63. The van der Waals surface area contributed by atoms with Crippen molar-refractivity contribution in [1.29, 1.82) is 0 Å². The zero-order chi connectivity index (χ0) is 14.7. The molecule has 0 unspecified atom stereocenters. The van der Waals surface area contributed by atoms with Crippen LogP contribution in [-0.2, 0) is 0 Å². The van der Waals surface area contributed by atoms with Crippen LogP contribution in [0, 0.1) is 24.0 Å². The Balaban J connectivity index is 2.34. The fourth-order valence-corrected chi connectivity index (χ4v) is 1.78. The lowest BCUT2D eigenvalue weighted by Crippen LogP contribution is -2.00. The molecule has 20 heavy (non-hydrogen) atoms. The molecule has 0 radical (unpaired) electrons. The number of benzene rings is 1. The van der Waals surface area contributed by atoms with E-state index < -0.39 is 4.92 Å². The van der Waals surface area contributed by atoms with Gasteiger partial charge in [0.1, 0.15) is 11.6 Å². The van der Waals surface area contributed by atoms with Gasteiger partial charge in [-0.25, -0.2) is 4.98 Å². The van der Waals surface area contributed by atoms with Crippen LogP contribution in [0.2, 0.25) is 0 Å². The summed E-state index contributed by atoms with van der Waals surface area (Å²) in [4.78, 5) is 14.7. The number of anilines is 3. The minimum absolute atomic E-state index is 0.00400. The van der Waals surface area contributed by atoms with E-state index in [1.54, 1.807) is 7.05 Å². The second-order valence-corrected chi connectivity index (χ2v) is 4.53. The molecule has 0 aliphatic rings. The zero-order valence-electron chi connectivity index (χ0n) is 11.6. The van der Waals surface area contributed by atoms with Crippen LogP contribution in [0.5, 0.6) is 0 Å². The minimum Gasteiger partial charge on any atom is -0.373 e. The van der Waals surface area contributed by atoms with E-state index in [9.17, 15) is 10.1 Å². The van der Waals surface area contributed by atoms with E-state index in [-0.39, 0.29) is 5.69 Å². The Morgan fingerprint density at radius 1 is 1.10 bits per heavy atom. The van der Waals surface area contributed by atoms with Crippen LogP contribution in [-0.4, -0.2) is 17.0 Å². The van der Waals surface area contributed by atoms with E-state index in [1.807, 2.05) is 32.0 Å². The first-order valence-electron chi connectivity index (χ1n) is 6.18. The van der Waals surface area contributed by atoms with Gasteiger partial charge in [-0.15, -0.1) is 0 Å². The average molecular weight is 272 g/mol. The second-order valence-electron chi connectivity index (χ2n) is 4.53. The third kappa shape index (κ3) is 3.03. The molecule has 0 amide bonds. The molecular weight excluding hydrogens is 256 g/mol. The quantitative estimate of drug-likeness (QED) is 0.658. The lowest BCUT2D eigenvalue weighted by atomic mass is 10.1. The first-order chi connectivity index (χ1) is 9.49. The van der Waals surface area contributed by atoms with Gasteiger partial charge < -0.3 is 10.6 Å². The minimum atomic E-state index is -0.436. The Bertz CT molecular complexity index is 656. The van der Waals surface area contributed by atoms with Crippen molar-refractivity contribution in [1.82, 2.24) is 4.98 Å². The number of hydrogen-bond donors (Lipinski definition) is 2. The molecule has 1 aromatic heterocycles. The van der Waals surface area contributed by atoms with Crippen LogP contribution in [0.1, 0.15) is 11.1 Å². The van der Waals surface area contributed by atoms with Crippen LogP contribution in [0.15, 0.2) is 30.3 Å². The summed E-state index contributed by atoms with van der Waals surface area (Å²) in [5, 5.41) is 16.8. The summed E-state index contributed by atoms with van der Waals surface area (Å²) < 4.78 is 0. The summed E-state index contributed by atoms with van der Waals surface area (Å²) in [5.41, 5.74) is 3.19. The highest BCUT2D eigenvalue weighted by molar-refractivity contribution is 5.63. The average Bonchev–Trinajstić information content (AvgIpc) is 2.42. The van der Waals surface area contributed by atoms with E-state index in [2.05, 4.69) is 15.6 Å². The van der Waals surface area contributed by atoms with Crippen molar-refractivity contribution in [3.05, 3.63) is 51.6 Å². The monoisotopic (exact) mass is 272 g/mol. The summed E-state index contributed by atoms with van der Waals surface area (Å²) in [6.45, 7) is 4.05. The summed E-state index contributed by atoms with van der Waals surface area (Å²) in [5.74, 6) is 0.886. The van der Waals surface area contributed by atoms with Crippen LogP contribution in [0.4, 0.5) is 23.0 Å². The van der Waals surface area contributed by atoms with E-state index in [0.717, 1.165) is 11.3 Å². The number of pyridine rings is 1. The van der Waals surface area contributed by atoms with Crippen molar-refractivity contribution in [2.75, 3.05) is 17.7 Å². The van der Waals surface area contributed by atoms with Crippen LogP contribution in [0.25, 0.3) is 0 Å². The fraction of sp³-hybridized carbons (Fsp3) is 0.214. The molecule has 0 spiro atoms. The summed E-state index contributed by atoms with van der Waals surface area (Å²) in [6, 6.07) is 8.70. The molecule has 2 N–H and O–H groups in total. The van der Waals surface area contributed by atoms with Crippen molar-refractivity contribution >= 4 is 23.0 Å². The molecule has 0 fully saturated rings. The number of nitrogens with zero attached hydrogens (tertiary/aromatic N) is 2. The Morgan fingerprint density at radius 3 is 2.40 bits per heavy atom. The van der Waals surface area contributed by atoms with Gasteiger partial charge in [-0.05, 0) is 37.1 Å². The van der Waals surface area contributed by atoms with Crippen molar-refractivity contribution in [2.45, 2.75) is 13.8 Å². The Kier molecular flexibility index (Phi) is 3.84.